The lowest BCUT2D eigenvalue weighted by Crippen LogP contribution is -2.11. The lowest BCUT2D eigenvalue weighted by atomic mass is 10.1. The Hall–Kier alpha value is -1.82. The molecule has 0 saturated heterocycles. The third-order valence-corrected chi connectivity index (χ3v) is 3.38. The summed E-state index contributed by atoms with van der Waals surface area (Å²) in [6.07, 6.45) is 1.44. The first kappa shape index (κ1) is 14.6. The normalized spacial score (nSPS) is 11.9. The topological polar surface area (TPSA) is 73.1 Å². The minimum absolute atomic E-state index is 0.0785. The van der Waals surface area contributed by atoms with Crippen molar-refractivity contribution in [3.8, 4) is 5.88 Å². The van der Waals surface area contributed by atoms with Crippen molar-refractivity contribution in [1.29, 1.82) is 0 Å². The molecule has 0 bridgehead atoms. The molecule has 6 heteroatoms. The second-order valence-corrected chi connectivity index (χ2v) is 5.21. The number of nitrogens with zero attached hydrogens (tertiary/aromatic N) is 2. The summed E-state index contributed by atoms with van der Waals surface area (Å²) in [5, 5.41) is 3.27. The van der Waals surface area contributed by atoms with E-state index in [1.54, 1.807) is 0 Å². The maximum Gasteiger partial charge on any atom is 0.242 e. The molecule has 1 aromatic heterocycles. The van der Waals surface area contributed by atoms with Gasteiger partial charge in [0.25, 0.3) is 0 Å². The molecule has 1 atom stereocenters. The molecule has 5 nitrogen and oxygen atoms in total. The summed E-state index contributed by atoms with van der Waals surface area (Å²) >= 11 is 3.42. The standard InChI is InChI=1S/C14H17BrN4O/c1-3-20-14-12(16)13(17-8-18-14)19-9(2)10-4-6-11(15)7-5-10/h4-9H,3,16H2,1-2H3,(H,17,18,19). The van der Waals surface area contributed by atoms with Gasteiger partial charge in [0.15, 0.2) is 5.82 Å². The van der Waals surface area contributed by atoms with Crippen LogP contribution < -0.4 is 15.8 Å². The summed E-state index contributed by atoms with van der Waals surface area (Å²) in [6.45, 7) is 4.45. The predicted molar refractivity (Wildman–Crippen MR) is 83.8 cm³/mol. The highest BCUT2D eigenvalue weighted by Gasteiger charge is 2.12. The Morgan fingerprint density at radius 1 is 1.30 bits per heavy atom. The molecule has 1 unspecified atom stereocenters. The van der Waals surface area contributed by atoms with E-state index in [-0.39, 0.29) is 6.04 Å². The van der Waals surface area contributed by atoms with E-state index in [0.717, 1.165) is 10.0 Å². The highest BCUT2D eigenvalue weighted by Crippen LogP contribution is 2.28. The molecule has 1 aromatic carbocycles. The zero-order valence-electron chi connectivity index (χ0n) is 11.4. The number of aromatic nitrogens is 2. The first-order chi connectivity index (χ1) is 9.61. The molecule has 0 spiro atoms. The van der Waals surface area contributed by atoms with Crippen LogP contribution >= 0.6 is 15.9 Å². The van der Waals surface area contributed by atoms with E-state index in [1.807, 2.05) is 38.1 Å². The maximum atomic E-state index is 6.00. The third-order valence-electron chi connectivity index (χ3n) is 2.85. The molecule has 0 fully saturated rings. The lowest BCUT2D eigenvalue weighted by Gasteiger charge is -2.17. The van der Waals surface area contributed by atoms with Crippen LogP contribution in [0.1, 0.15) is 25.5 Å². The van der Waals surface area contributed by atoms with Crippen molar-refractivity contribution in [3.05, 3.63) is 40.6 Å². The van der Waals surface area contributed by atoms with Crippen molar-refractivity contribution in [2.75, 3.05) is 17.7 Å². The van der Waals surface area contributed by atoms with Crippen LogP contribution in [0.4, 0.5) is 11.5 Å². The Kier molecular flexibility index (Phi) is 4.79. The van der Waals surface area contributed by atoms with Crippen molar-refractivity contribution in [2.45, 2.75) is 19.9 Å². The predicted octanol–water partition coefficient (Wildman–Crippen LogP) is 3.39. The van der Waals surface area contributed by atoms with E-state index >= 15 is 0 Å². The second-order valence-electron chi connectivity index (χ2n) is 4.29. The van der Waals surface area contributed by atoms with Crippen molar-refractivity contribution < 1.29 is 4.74 Å². The largest absolute Gasteiger partial charge is 0.476 e. The van der Waals surface area contributed by atoms with E-state index in [9.17, 15) is 0 Å². The second kappa shape index (κ2) is 6.56. The molecule has 2 rings (SSSR count). The number of nitrogen functional groups attached to an aromatic ring is 1. The van der Waals surface area contributed by atoms with Crippen molar-refractivity contribution in [3.63, 3.8) is 0 Å². The Bertz CT molecular complexity index is 574. The van der Waals surface area contributed by atoms with Crippen LogP contribution in [0.25, 0.3) is 0 Å². The number of benzene rings is 1. The molecule has 20 heavy (non-hydrogen) atoms. The van der Waals surface area contributed by atoms with E-state index in [0.29, 0.717) is 24.0 Å². The van der Waals surface area contributed by atoms with Gasteiger partial charge >= 0.3 is 0 Å². The van der Waals surface area contributed by atoms with Gasteiger partial charge in [-0.3, -0.25) is 0 Å². The molecule has 0 aliphatic heterocycles. The van der Waals surface area contributed by atoms with Gasteiger partial charge in [0.1, 0.15) is 12.0 Å². The van der Waals surface area contributed by atoms with E-state index in [1.165, 1.54) is 6.33 Å². The van der Waals surface area contributed by atoms with Gasteiger partial charge in [0.2, 0.25) is 5.88 Å². The van der Waals surface area contributed by atoms with Crippen LogP contribution in [0.15, 0.2) is 35.1 Å². The van der Waals surface area contributed by atoms with Gasteiger partial charge < -0.3 is 15.8 Å². The maximum absolute atomic E-state index is 6.00. The van der Waals surface area contributed by atoms with Gasteiger partial charge in [-0.05, 0) is 31.5 Å². The summed E-state index contributed by atoms with van der Waals surface area (Å²) in [6, 6.07) is 8.17. The highest BCUT2D eigenvalue weighted by molar-refractivity contribution is 9.10. The quantitative estimate of drug-likeness (QED) is 0.875. The Morgan fingerprint density at radius 3 is 2.65 bits per heavy atom. The Balaban J connectivity index is 2.17. The summed E-state index contributed by atoms with van der Waals surface area (Å²) in [4.78, 5) is 8.18. The molecule has 2 aromatic rings. The molecule has 0 aliphatic carbocycles. The average Bonchev–Trinajstić information content (AvgIpc) is 2.44. The van der Waals surface area contributed by atoms with Gasteiger partial charge in [-0.15, -0.1) is 0 Å². The van der Waals surface area contributed by atoms with E-state index in [4.69, 9.17) is 10.5 Å². The molecule has 0 saturated carbocycles. The number of ether oxygens (including phenoxy) is 1. The van der Waals surface area contributed by atoms with Gasteiger partial charge in [-0.2, -0.15) is 4.98 Å². The SMILES string of the molecule is CCOc1ncnc(NC(C)c2ccc(Br)cc2)c1N. The number of hydrogen-bond donors (Lipinski definition) is 2. The molecule has 0 radical (unpaired) electrons. The summed E-state index contributed by atoms with van der Waals surface area (Å²) < 4.78 is 6.41. The van der Waals surface area contributed by atoms with E-state index in [2.05, 4.69) is 31.2 Å². The first-order valence-electron chi connectivity index (χ1n) is 6.37. The fraction of sp³-hybridized carbons (Fsp3) is 0.286. The molecule has 1 heterocycles. The summed E-state index contributed by atoms with van der Waals surface area (Å²) in [5.74, 6) is 0.992. The fourth-order valence-electron chi connectivity index (χ4n) is 1.79. The Morgan fingerprint density at radius 2 is 2.00 bits per heavy atom. The zero-order valence-corrected chi connectivity index (χ0v) is 13.0. The van der Waals surface area contributed by atoms with Crippen LogP contribution in [0, 0.1) is 0 Å². The van der Waals surface area contributed by atoms with Gasteiger partial charge in [0, 0.05) is 4.47 Å². The molecule has 3 N–H and O–H groups in total. The van der Waals surface area contributed by atoms with Crippen molar-refractivity contribution in [1.82, 2.24) is 9.97 Å². The Labute approximate surface area is 126 Å². The zero-order chi connectivity index (χ0) is 14.5. The van der Waals surface area contributed by atoms with Crippen LogP contribution in [0.3, 0.4) is 0 Å². The first-order valence-corrected chi connectivity index (χ1v) is 7.16. The monoisotopic (exact) mass is 336 g/mol. The number of nitrogens with one attached hydrogen (secondary N) is 1. The molecule has 0 aliphatic rings. The fourth-order valence-corrected chi connectivity index (χ4v) is 2.05. The average molecular weight is 337 g/mol. The molecular formula is C14H17BrN4O. The molecule has 0 amide bonds. The van der Waals surface area contributed by atoms with Gasteiger partial charge in [-0.25, -0.2) is 4.98 Å². The number of hydrogen-bond acceptors (Lipinski definition) is 5. The summed E-state index contributed by atoms with van der Waals surface area (Å²) in [5.41, 5.74) is 7.57. The number of nitrogens with two attached hydrogens (primary N) is 1. The smallest absolute Gasteiger partial charge is 0.242 e. The van der Waals surface area contributed by atoms with Crippen LogP contribution in [-0.2, 0) is 0 Å². The van der Waals surface area contributed by atoms with Gasteiger partial charge in [0.05, 0.1) is 12.6 Å². The van der Waals surface area contributed by atoms with Gasteiger partial charge in [-0.1, -0.05) is 28.1 Å². The van der Waals surface area contributed by atoms with Crippen LogP contribution in [-0.4, -0.2) is 16.6 Å². The summed E-state index contributed by atoms with van der Waals surface area (Å²) in [7, 11) is 0. The number of anilines is 2. The molecular weight excluding hydrogens is 320 g/mol. The van der Waals surface area contributed by atoms with Crippen LogP contribution in [0.5, 0.6) is 5.88 Å². The lowest BCUT2D eigenvalue weighted by molar-refractivity contribution is 0.328. The third kappa shape index (κ3) is 3.39. The minimum atomic E-state index is 0.0785. The van der Waals surface area contributed by atoms with Crippen molar-refractivity contribution in [2.24, 2.45) is 0 Å². The number of rotatable bonds is 5. The highest BCUT2D eigenvalue weighted by atomic mass is 79.9. The molecule has 106 valence electrons. The number of halogens is 1. The van der Waals surface area contributed by atoms with Crippen molar-refractivity contribution >= 4 is 27.4 Å². The minimum Gasteiger partial charge on any atom is -0.476 e. The van der Waals surface area contributed by atoms with Crippen LogP contribution in [0.2, 0.25) is 0 Å². The van der Waals surface area contributed by atoms with E-state index < -0.39 is 0 Å².